The molecular weight excluding hydrogens is 348 g/mol. The lowest BCUT2D eigenvalue weighted by Crippen LogP contribution is -2.43. The summed E-state index contributed by atoms with van der Waals surface area (Å²) in [5.74, 6) is -4.16. The van der Waals surface area contributed by atoms with Gasteiger partial charge in [-0.15, -0.1) is 0 Å². The van der Waals surface area contributed by atoms with Crippen LogP contribution in [-0.2, 0) is 14.4 Å². The van der Waals surface area contributed by atoms with Crippen molar-refractivity contribution in [2.75, 3.05) is 4.90 Å². The summed E-state index contributed by atoms with van der Waals surface area (Å²) in [5.41, 5.74) is 1.81. The second-order valence-electron chi connectivity index (χ2n) is 6.92. The van der Waals surface area contributed by atoms with Crippen LogP contribution >= 0.6 is 0 Å². The first-order valence-corrected chi connectivity index (χ1v) is 8.61. The van der Waals surface area contributed by atoms with Crippen LogP contribution < -0.4 is 10.2 Å². The van der Waals surface area contributed by atoms with Crippen LogP contribution in [0.1, 0.15) is 17.2 Å². The molecule has 2 heterocycles. The fourth-order valence-corrected chi connectivity index (χ4v) is 4.02. The van der Waals surface area contributed by atoms with Gasteiger partial charge in [-0.25, -0.2) is 4.90 Å². The number of para-hydroxylation sites is 1. The van der Waals surface area contributed by atoms with E-state index >= 15 is 0 Å². The van der Waals surface area contributed by atoms with Crippen molar-refractivity contribution in [2.45, 2.75) is 19.0 Å². The number of carboxylic acids is 1. The molecule has 0 spiro atoms. The first-order valence-electron chi connectivity index (χ1n) is 8.61. The first-order chi connectivity index (χ1) is 12.9. The quantitative estimate of drug-likeness (QED) is 0.713. The second-order valence-corrected chi connectivity index (χ2v) is 6.92. The molecule has 27 heavy (non-hydrogen) atoms. The largest absolute Gasteiger partial charge is 0.508 e. The number of hydrogen-bond donors (Lipinski definition) is 3. The minimum absolute atomic E-state index is 0.0474. The van der Waals surface area contributed by atoms with Crippen LogP contribution in [0.25, 0.3) is 0 Å². The molecule has 2 aliphatic heterocycles. The molecule has 2 aliphatic rings. The van der Waals surface area contributed by atoms with Gasteiger partial charge in [-0.2, -0.15) is 0 Å². The Bertz CT molecular complexity index is 940. The SMILES string of the molecule is Cc1ccc(N2C(=O)[C@@H]3[C@H](C2=O)[C@H](C(=O)O)N[C@H]3c2ccccc2O)cc1. The van der Waals surface area contributed by atoms with Gasteiger partial charge in [0.1, 0.15) is 11.8 Å². The Balaban J connectivity index is 1.79. The smallest absolute Gasteiger partial charge is 0.321 e. The second kappa shape index (κ2) is 6.21. The molecule has 0 saturated carbocycles. The van der Waals surface area contributed by atoms with Gasteiger partial charge in [0, 0.05) is 11.6 Å². The number of imide groups is 1. The molecule has 2 aromatic carbocycles. The van der Waals surface area contributed by atoms with Crippen molar-refractivity contribution >= 4 is 23.5 Å². The summed E-state index contributed by atoms with van der Waals surface area (Å²) in [7, 11) is 0. The number of rotatable bonds is 3. The maximum atomic E-state index is 13.1. The summed E-state index contributed by atoms with van der Waals surface area (Å²) in [6.45, 7) is 1.89. The number of phenolic OH excluding ortho intramolecular Hbond substituents is 1. The Hall–Kier alpha value is -3.19. The molecule has 0 aromatic heterocycles. The lowest BCUT2D eigenvalue weighted by molar-refractivity contribution is -0.142. The monoisotopic (exact) mass is 366 g/mol. The van der Waals surface area contributed by atoms with Crippen LogP contribution in [0, 0.1) is 18.8 Å². The molecule has 3 N–H and O–H groups in total. The number of anilines is 1. The summed E-state index contributed by atoms with van der Waals surface area (Å²) in [5, 5.41) is 22.6. The van der Waals surface area contributed by atoms with E-state index in [1.807, 2.05) is 6.92 Å². The van der Waals surface area contributed by atoms with E-state index in [0.717, 1.165) is 10.5 Å². The van der Waals surface area contributed by atoms with Gasteiger partial charge in [-0.05, 0) is 25.1 Å². The van der Waals surface area contributed by atoms with Gasteiger partial charge in [0.25, 0.3) is 0 Å². The van der Waals surface area contributed by atoms with Crippen LogP contribution in [0.15, 0.2) is 48.5 Å². The maximum Gasteiger partial charge on any atom is 0.321 e. The molecule has 0 radical (unpaired) electrons. The van der Waals surface area contributed by atoms with Crippen LogP contribution in [-0.4, -0.2) is 34.0 Å². The maximum absolute atomic E-state index is 13.1. The molecule has 0 aliphatic carbocycles. The number of aromatic hydroxyl groups is 1. The van der Waals surface area contributed by atoms with E-state index in [9.17, 15) is 24.6 Å². The standard InChI is InChI=1S/C20H18N2O5/c1-10-6-8-11(9-7-10)22-18(24)14-15(19(22)25)17(20(26)27)21-16(14)12-4-2-3-5-13(12)23/h2-9,14-17,21,23H,1H3,(H,26,27)/t14-,15+,16+,17-/m1/s1. The van der Waals surface area contributed by atoms with Gasteiger partial charge in [0.05, 0.1) is 17.5 Å². The number of phenols is 1. The lowest BCUT2D eigenvalue weighted by atomic mass is 9.86. The number of benzene rings is 2. The highest BCUT2D eigenvalue weighted by atomic mass is 16.4. The number of aryl methyl sites for hydroxylation is 1. The summed E-state index contributed by atoms with van der Waals surface area (Å²) in [6.07, 6.45) is 0. The molecule has 2 saturated heterocycles. The van der Waals surface area contributed by atoms with E-state index < -0.39 is 41.7 Å². The molecule has 0 unspecified atom stereocenters. The highest BCUT2D eigenvalue weighted by molar-refractivity contribution is 6.23. The molecule has 138 valence electrons. The number of fused-ring (bicyclic) bond motifs is 1. The molecule has 0 bridgehead atoms. The van der Waals surface area contributed by atoms with E-state index in [4.69, 9.17) is 0 Å². The fraction of sp³-hybridized carbons (Fsp3) is 0.250. The van der Waals surface area contributed by atoms with Gasteiger partial charge in [-0.3, -0.25) is 19.7 Å². The average Bonchev–Trinajstić information content (AvgIpc) is 3.14. The molecule has 7 nitrogen and oxygen atoms in total. The topological polar surface area (TPSA) is 107 Å². The molecule has 2 amide bonds. The van der Waals surface area contributed by atoms with Crippen molar-refractivity contribution < 1.29 is 24.6 Å². The van der Waals surface area contributed by atoms with E-state index in [0.29, 0.717) is 11.3 Å². The zero-order valence-electron chi connectivity index (χ0n) is 14.5. The van der Waals surface area contributed by atoms with Crippen LogP contribution in [0.4, 0.5) is 5.69 Å². The Morgan fingerprint density at radius 2 is 1.63 bits per heavy atom. The van der Waals surface area contributed by atoms with Crippen LogP contribution in [0.5, 0.6) is 5.75 Å². The van der Waals surface area contributed by atoms with Crippen molar-refractivity contribution in [3.05, 3.63) is 59.7 Å². The fourth-order valence-electron chi connectivity index (χ4n) is 4.02. The van der Waals surface area contributed by atoms with Crippen LogP contribution in [0.2, 0.25) is 0 Å². The molecule has 4 rings (SSSR count). The number of carboxylic acid groups (broad SMARTS) is 1. The average molecular weight is 366 g/mol. The number of nitrogens with one attached hydrogen (secondary N) is 1. The lowest BCUT2D eigenvalue weighted by Gasteiger charge is -2.22. The number of nitrogens with zero attached hydrogens (tertiary/aromatic N) is 1. The van der Waals surface area contributed by atoms with Gasteiger partial charge >= 0.3 is 5.97 Å². The zero-order valence-corrected chi connectivity index (χ0v) is 14.5. The van der Waals surface area contributed by atoms with Crippen molar-refractivity contribution in [3.8, 4) is 5.75 Å². The van der Waals surface area contributed by atoms with Crippen molar-refractivity contribution in [1.29, 1.82) is 0 Å². The third kappa shape index (κ3) is 2.59. The molecule has 4 atom stereocenters. The Morgan fingerprint density at radius 3 is 2.26 bits per heavy atom. The minimum Gasteiger partial charge on any atom is -0.508 e. The first kappa shape index (κ1) is 17.2. The number of aliphatic carboxylic acids is 1. The number of carbonyl (C=O) groups is 3. The summed E-state index contributed by atoms with van der Waals surface area (Å²) >= 11 is 0. The molecular formula is C20H18N2O5. The number of carbonyl (C=O) groups excluding carboxylic acids is 2. The van der Waals surface area contributed by atoms with Crippen molar-refractivity contribution in [2.24, 2.45) is 11.8 Å². The van der Waals surface area contributed by atoms with Crippen molar-refractivity contribution in [1.82, 2.24) is 5.32 Å². The van der Waals surface area contributed by atoms with Gasteiger partial charge in [0.2, 0.25) is 11.8 Å². The third-order valence-corrected chi connectivity index (χ3v) is 5.31. The van der Waals surface area contributed by atoms with Gasteiger partial charge in [-0.1, -0.05) is 35.9 Å². The number of hydrogen-bond acceptors (Lipinski definition) is 5. The van der Waals surface area contributed by atoms with Crippen LogP contribution in [0.3, 0.4) is 0 Å². The van der Waals surface area contributed by atoms with E-state index in [1.165, 1.54) is 6.07 Å². The zero-order chi connectivity index (χ0) is 19.3. The summed E-state index contributed by atoms with van der Waals surface area (Å²) in [4.78, 5) is 38.9. The normalized spacial score (nSPS) is 27.1. The molecule has 7 heteroatoms. The predicted octanol–water partition coefficient (Wildman–Crippen LogP) is 1.60. The third-order valence-electron chi connectivity index (χ3n) is 5.31. The predicted molar refractivity (Wildman–Crippen MR) is 96.1 cm³/mol. The highest BCUT2D eigenvalue weighted by Gasteiger charge is 2.61. The summed E-state index contributed by atoms with van der Waals surface area (Å²) in [6, 6.07) is 11.4. The minimum atomic E-state index is -1.20. The highest BCUT2D eigenvalue weighted by Crippen LogP contribution is 2.46. The van der Waals surface area contributed by atoms with Crippen molar-refractivity contribution in [3.63, 3.8) is 0 Å². The van der Waals surface area contributed by atoms with E-state index in [1.54, 1.807) is 42.5 Å². The molecule has 2 fully saturated rings. The number of amides is 2. The van der Waals surface area contributed by atoms with Gasteiger partial charge < -0.3 is 10.2 Å². The van der Waals surface area contributed by atoms with E-state index in [-0.39, 0.29) is 5.75 Å². The Morgan fingerprint density at radius 1 is 1.00 bits per heavy atom. The Kier molecular flexibility index (Phi) is 3.96. The summed E-state index contributed by atoms with van der Waals surface area (Å²) < 4.78 is 0. The Labute approximate surface area is 155 Å². The van der Waals surface area contributed by atoms with Gasteiger partial charge in [0.15, 0.2) is 0 Å². The molecule has 2 aromatic rings. The van der Waals surface area contributed by atoms with E-state index in [2.05, 4.69) is 5.32 Å².